The first kappa shape index (κ1) is 18.1. The van der Waals surface area contributed by atoms with Gasteiger partial charge < -0.3 is 9.72 Å². The highest BCUT2D eigenvalue weighted by Gasteiger charge is 2.23. The summed E-state index contributed by atoms with van der Waals surface area (Å²) in [4.78, 5) is 28.1. The molecule has 0 unspecified atom stereocenters. The monoisotopic (exact) mass is 525 g/mol. The number of esters is 1. The van der Waals surface area contributed by atoms with Gasteiger partial charge in [0.2, 0.25) is 5.78 Å². The largest absolute Gasteiger partial charge is 0.422 e. The lowest BCUT2D eigenvalue weighted by molar-refractivity contribution is 0.0733. The Balaban J connectivity index is 1.95. The number of hydrogen-bond donors (Lipinski definition) is 1. The Morgan fingerprint density at radius 3 is 2.12 bits per heavy atom. The molecule has 0 saturated heterocycles. The second kappa shape index (κ2) is 7.68. The van der Waals surface area contributed by atoms with Crippen LogP contribution in [0.5, 0.6) is 5.75 Å². The summed E-state index contributed by atoms with van der Waals surface area (Å²) >= 11 is 10.1. The molecule has 0 atom stereocenters. The molecule has 0 aliphatic heterocycles. The molecule has 3 aromatic rings. The van der Waals surface area contributed by atoms with Gasteiger partial charge in [0.25, 0.3) is 0 Å². The molecule has 0 spiro atoms. The van der Waals surface area contributed by atoms with E-state index in [2.05, 4.69) is 52.8 Å². The maximum absolute atomic E-state index is 12.9. The molecule has 1 aromatic heterocycles. The summed E-state index contributed by atoms with van der Waals surface area (Å²) in [5, 5.41) is 0. The van der Waals surface area contributed by atoms with Crippen LogP contribution in [0.4, 0.5) is 0 Å². The Bertz CT molecular complexity index is 951. The summed E-state index contributed by atoms with van der Waals surface area (Å²) in [6.45, 7) is 0. The smallest absolute Gasteiger partial charge is 0.343 e. The zero-order valence-electron chi connectivity index (χ0n) is 12.6. The molecule has 126 valence electrons. The summed E-state index contributed by atoms with van der Waals surface area (Å²) in [6, 6.07) is 15.3. The Morgan fingerprint density at radius 2 is 1.48 bits per heavy atom. The van der Waals surface area contributed by atoms with Gasteiger partial charge in [0.05, 0.1) is 24.7 Å². The Hall–Kier alpha value is -1.70. The predicted octanol–water partition coefficient (Wildman–Crippen LogP) is 5.75. The molecule has 2 aromatic carbocycles. The van der Waals surface area contributed by atoms with E-state index in [-0.39, 0.29) is 17.1 Å². The number of carbonyl (C=O) groups excluding carboxylic acids is 2. The molecule has 0 radical (unpaired) electrons. The molecule has 3 rings (SSSR count). The fourth-order valence-corrected chi connectivity index (χ4v) is 3.63. The highest BCUT2D eigenvalue weighted by molar-refractivity contribution is 9.14. The summed E-state index contributed by atoms with van der Waals surface area (Å²) in [5.74, 6) is -0.612. The third-order valence-corrected chi connectivity index (χ3v) is 6.66. The lowest BCUT2D eigenvalue weighted by Gasteiger charge is -2.09. The van der Waals surface area contributed by atoms with E-state index in [9.17, 15) is 9.59 Å². The number of halogens is 3. The van der Waals surface area contributed by atoms with Gasteiger partial charge in [-0.3, -0.25) is 4.79 Å². The van der Waals surface area contributed by atoms with E-state index in [4.69, 9.17) is 4.74 Å². The van der Waals surface area contributed by atoms with E-state index in [1.807, 2.05) is 6.07 Å². The molecule has 0 amide bonds. The summed E-state index contributed by atoms with van der Waals surface area (Å²) in [5.41, 5.74) is 1.05. The van der Waals surface area contributed by atoms with Crippen LogP contribution in [0.2, 0.25) is 0 Å². The van der Waals surface area contributed by atoms with Crippen molar-refractivity contribution in [2.45, 2.75) is 0 Å². The van der Waals surface area contributed by atoms with Crippen LogP contribution in [0, 0.1) is 0 Å². The van der Waals surface area contributed by atoms with E-state index in [1.165, 1.54) is 0 Å². The first-order chi connectivity index (χ1) is 12.0. The van der Waals surface area contributed by atoms with E-state index >= 15 is 0 Å². The lowest BCUT2D eigenvalue weighted by Crippen LogP contribution is -2.12. The Labute approximate surface area is 169 Å². The minimum Gasteiger partial charge on any atom is -0.422 e. The van der Waals surface area contributed by atoms with Crippen molar-refractivity contribution < 1.29 is 14.3 Å². The quantitative estimate of drug-likeness (QED) is 0.267. The molecule has 0 aliphatic rings. The number of nitrogens with one attached hydrogen (secondary N) is 1. The topological polar surface area (TPSA) is 59.2 Å². The highest BCUT2D eigenvalue weighted by atomic mass is 79.9. The van der Waals surface area contributed by atoms with Crippen LogP contribution in [0.1, 0.15) is 26.4 Å². The molecule has 4 nitrogen and oxygen atoms in total. The van der Waals surface area contributed by atoms with E-state index < -0.39 is 5.97 Å². The van der Waals surface area contributed by atoms with Crippen LogP contribution < -0.4 is 4.74 Å². The molecule has 0 aliphatic carbocycles. The zero-order chi connectivity index (χ0) is 18.0. The Kier molecular flexibility index (Phi) is 5.56. The standard InChI is InChI=1S/C18H10Br3NO3/c19-13-14(20)17(21)22-15(13)16(23)11-8-4-5-9-12(11)25-18(24)10-6-2-1-3-7-10/h1-9,22H. The van der Waals surface area contributed by atoms with E-state index in [0.29, 0.717) is 24.8 Å². The van der Waals surface area contributed by atoms with Crippen molar-refractivity contribution in [2.75, 3.05) is 0 Å². The summed E-state index contributed by atoms with van der Waals surface area (Å²) in [6.07, 6.45) is 0. The fraction of sp³-hybridized carbons (Fsp3) is 0. The number of para-hydroxylation sites is 1. The van der Waals surface area contributed by atoms with E-state index in [0.717, 1.165) is 0 Å². The van der Waals surface area contributed by atoms with Crippen molar-refractivity contribution in [1.29, 1.82) is 0 Å². The van der Waals surface area contributed by atoms with Crippen LogP contribution in [-0.2, 0) is 0 Å². The number of ketones is 1. The van der Waals surface area contributed by atoms with Crippen molar-refractivity contribution in [3.05, 3.63) is 85.0 Å². The van der Waals surface area contributed by atoms with Gasteiger partial charge in [0.15, 0.2) is 0 Å². The first-order valence-corrected chi connectivity index (χ1v) is 9.50. The number of benzene rings is 2. The van der Waals surface area contributed by atoms with Gasteiger partial charge in [-0.25, -0.2) is 4.79 Å². The van der Waals surface area contributed by atoms with Crippen LogP contribution in [0.15, 0.2) is 68.1 Å². The number of aromatic amines is 1. The normalized spacial score (nSPS) is 10.5. The molecule has 25 heavy (non-hydrogen) atoms. The molecule has 0 saturated carbocycles. The van der Waals surface area contributed by atoms with Crippen LogP contribution in [0.25, 0.3) is 0 Å². The maximum atomic E-state index is 12.9. The molecule has 0 bridgehead atoms. The second-order valence-electron chi connectivity index (χ2n) is 5.02. The third-order valence-electron chi connectivity index (χ3n) is 3.41. The van der Waals surface area contributed by atoms with Crippen molar-refractivity contribution in [1.82, 2.24) is 4.98 Å². The van der Waals surface area contributed by atoms with Gasteiger partial charge in [-0.15, -0.1) is 0 Å². The van der Waals surface area contributed by atoms with Crippen LogP contribution >= 0.6 is 47.8 Å². The minimum atomic E-state index is -0.520. The Morgan fingerprint density at radius 1 is 0.840 bits per heavy atom. The summed E-state index contributed by atoms with van der Waals surface area (Å²) < 4.78 is 7.37. The highest BCUT2D eigenvalue weighted by Crippen LogP contribution is 2.35. The second-order valence-corrected chi connectivity index (χ2v) is 7.40. The average Bonchev–Trinajstić information content (AvgIpc) is 2.90. The predicted molar refractivity (Wildman–Crippen MR) is 105 cm³/mol. The van der Waals surface area contributed by atoms with Crippen LogP contribution in [-0.4, -0.2) is 16.7 Å². The SMILES string of the molecule is O=C(Oc1ccccc1C(=O)c1[nH]c(Br)c(Br)c1Br)c1ccccc1. The molecule has 1 N–H and O–H groups in total. The molecular weight excluding hydrogens is 518 g/mol. The number of rotatable bonds is 4. The number of hydrogen-bond acceptors (Lipinski definition) is 3. The van der Waals surface area contributed by atoms with Gasteiger partial charge in [-0.2, -0.15) is 0 Å². The van der Waals surface area contributed by atoms with Crippen molar-refractivity contribution in [2.24, 2.45) is 0 Å². The molecule has 0 fully saturated rings. The van der Waals surface area contributed by atoms with Gasteiger partial charge >= 0.3 is 5.97 Å². The minimum absolute atomic E-state index is 0.204. The number of carbonyl (C=O) groups is 2. The first-order valence-electron chi connectivity index (χ1n) is 7.12. The maximum Gasteiger partial charge on any atom is 0.343 e. The lowest BCUT2D eigenvalue weighted by atomic mass is 10.1. The van der Waals surface area contributed by atoms with Crippen molar-refractivity contribution >= 4 is 59.5 Å². The number of ether oxygens (including phenoxy) is 1. The van der Waals surface area contributed by atoms with Crippen molar-refractivity contribution in [3.63, 3.8) is 0 Å². The third kappa shape index (κ3) is 3.78. The fourth-order valence-electron chi connectivity index (χ4n) is 2.19. The molecular formula is C18H10Br3NO3. The van der Waals surface area contributed by atoms with E-state index in [1.54, 1.807) is 48.5 Å². The molecule has 7 heteroatoms. The number of aromatic nitrogens is 1. The van der Waals surface area contributed by atoms with Crippen molar-refractivity contribution in [3.8, 4) is 5.75 Å². The molecule has 1 heterocycles. The zero-order valence-corrected chi connectivity index (χ0v) is 17.3. The van der Waals surface area contributed by atoms with Gasteiger partial charge in [-0.1, -0.05) is 30.3 Å². The van der Waals surface area contributed by atoms with Crippen LogP contribution in [0.3, 0.4) is 0 Å². The van der Waals surface area contributed by atoms with Gasteiger partial charge in [-0.05, 0) is 72.1 Å². The summed E-state index contributed by atoms with van der Waals surface area (Å²) in [7, 11) is 0. The number of H-pyrrole nitrogens is 1. The van der Waals surface area contributed by atoms with Gasteiger partial charge in [0.1, 0.15) is 11.4 Å². The average molecular weight is 528 g/mol. The van der Waals surface area contributed by atoms with Gasteiger partial charge in [0, 0.05) is 0 Å².